The van der Waals surface area contributed by atoms with Crippen LogP contribution < -0.4 is 0 Å². The van der Waals surface area contributed by atoms with Gasteiger partial charge in [0.25, 0.3) is 0 Å². The molecule has 1 unspecified atom stereocenters. The van der Waals surface area contributed by atoms with E-state index in [4.69, 9.17) is 14.2 Å². The monoisotopic (exact) mass is 789 g/mol. The number of ether oxygens (including phenoxy) is 3. The van der Waals surface area contributed by atoms with Gasteiger partial charge in [-0.3, -0.25) is 14.4 Å². The van der Waals surface area contributed by atoms with Crippen molar-refractivity contribution in [2.24, 2.45) is 0 Å². The van der Waals surface area contributed by atoms with E-state index in [1.807, 2.05) is 0 Å². The third kappa shape index (κ3) is 43.0. The van der Waals surface area contributed by atoms with Gasteiger partial charge in [-0.2, -0.15) is 0 Å². The van der Waals surface area contributed by atoms with Crippen molar-refractivity contribution < 1.29 is 28.6 Å². The van der Waals surface area contributed by atoms with Crippen LogP contribution in [0.4, 0.5) is 0 Å². The lowest BCUT2D eigenvalue weighted by molar-refractivity contribution is -0.167. The fourth-order valence-electron chi connectivity index (χ4n) is 7.01. The molecular weight excluding hydrogens is 697 g/mol. The van der Waals surface area contributed by atoms with E-state index >= 15 is 0 Å². The molecule has 0 bridgehead atoms. The number of allylic oxidation sites excluding steroid dienone is 4. The van der Waals surface area contributed by atoms with Crippen molar-refractivity contribution in [2.75, 3.05) is 13.2 Å². The molecule has 0 aromatic heterocycles. The Hall–Kier alpha value is -2.11. The average molecular weight is 789 g/mol. The van der Waals surface area contributed by atoms with Crippen LogP contribution in [0, 0.1) is 0 Å². The van der Waals surface area contributed by atoms with E-state index in [1.165, 1.54) is 122 Å². The van der Waals surface area contributed by atoms with Gasteiger partial charge in [-0.25, -0.2) is 0 Å². The smallest absolute Gasteiger partial charge is 0.306 e. The Morgan fingerprint density at radius 1 is 0.357 bits per heavy atom. The Labute approximate surface area is 347 Å². The number of carbonyl (C=O) groups is 3. The highest BCUT2D eigenvalue weighted by atomic mass is 16.6. The summed E-state index contributed by atoms with van der Waals surface area (Å²) in [6.07, 6.45) is 50.6. The molecule has 0 aliphatic heterocycles. The van der Waals surface area contributed by atoms with Gasteiger partial charge in [0.05, 0.1) is 0 Å². The fraction of sp³-hybridized carbons (Fsp3) is 0.860. The largest absolute Gasteiger partial charge is 0.462 e. The Morgan fingerprint density at radius 3 is 1.05 bits per heavy atom. The molecule has 0 aliphatic carbocycles. The quantitative estimate of drug-likeness (QED) is 0.0265. The zero-order valence-electron chi connectivity index (χ0n) is 37.4. The van der Waals surface area contributed by atoms with Gasteiger partial charge in [-0.05, 0) is 44.9 Å². The first kappa shape index (κ1) is 53.9. The lowest BCUT2D eigenvalue weighted by Gasteiger charge is -2.18. The highest BCUT2D eigenvalue weighted by Crippen LogP contribution is 2.16. The van der Waals surface area contributed by atoms with Crippen molar-refractivity contribution in [3.63, 3.8) is 0 Å². The SMILES string of the molecule is CCC/C=C\C/C=C\CCCCCCCC(=O)OC(COC(=O)CCCCCCC)COC(=O)CCCCCCCCCCCCCCCCCCCCCC. The van der Waals surface area contributed by atoms with Gasteiger partial charge < -0.3 is 14.2 Å². The van der Waals surface area contributed by atoms with Crippen LogP contribution in [0.1, 0.15) is 258 Å². The van der Waals surface area contributed by atoms with Gasteiger partial charge in [0, 0.05) is 19.3 Å². The normalized spacial score (nSPS) is 12.1. The van der Waals surface area contributed by atoms with Crippen molar-refractivity contribution in [3.8, 4) is 0 Å². The summed E-state index contributed by atoms with van der Waals surface area (Å²) in [6.45, 7) is 6.50. The molecule has 0 aliphatic rings. The first-order valence-electron chi connectivity index (χ1n) is 24.3. The minimum atomic E-state index is -0.769. The second kappa shape index (κ2) is 45.6. The van der Waals surface area contributed by atoms with Gasteiger partial charge >= 0.3 is 17.9 Å². The van der Waals surface area contributed by atoms with Crippen LogP contribution in [0.25, 0.3) is 0 Å². The van der Waals surface area contributed by atoms with E-state index in [9.17, 15) is 14.4 Å². The number of esters is 3. The summed E-state index contributed by atoms with van der Waals surface area (Å²) in [5.41, 5.74) is 0. The predicted molar refractivity (Wildman–Crippen MR) is 238 cm³/mol. The zero-order chi connectivity index (χ0) is 40.8. The number of rotatable bonds is 44. The van der Waals surface area contributed by atoms with E-state index in [0.717, 1.165) is 96.3 Å². The summed E-state index contributed by atoms with van der Waals surface area (Å²) in [5.74, 6) is -0.894. The third-order valence-corrected chi connectivity index (χ3v) is 10.7. The van der Waals surface area contributed by atoms with Gasteiger partial charge in [0.1, 0.15) is 13.2 Å². The second-order valence-corrected chi connectivity index (χ2v) is 16.4. The number of hydrogen-bond donors (Lipinski definition) is 0. The molecule has 6 nitrogen and oxygen atoms in total. The van der Waals surface area contributed by atoms with Crippen LogP contribution in [0.3, 0.4) is 0 Å². The van der Waals surface area contributed by atoms with Crippen LogP contribution in [0.2, 0.25) is 0 Å². The Morgan fingerprint density at radius 2 is 0.679 bits per heavy atom. The molecule has 0 fully saturated rings. The predicted octanol–water partition coefficient (Wildman–Crippen LogP) is 15.6. The molecule has 0 heterocycles. The summed E-state index contributed by atoms with van der Waals surface area (Å²) in [7, 11) is 0. The van der Waals surface area contributed by atoms with E-state index in [-0.39, 0.29) is 31.1 Å². The van der Waals surface area contributed by atoms with Crippen LogP contribution in [0.15, 0.2) is 24.3 Å². The molecule has 6 heteroatoms. The van der Waals surface area contributed by atoms with E-state index in [2.05, 4.69) is 45.1 Å². The first-order chi connectivity index (χ1) is 27.5. The zero-order valence-corrected chi connectivity index (χ0v) is 37.4. The number of carbonyl (C=O) groups excluding carboxylic acids is 3. The molecule has 0 spiro atoms. The van der Waals surface area contributed by atoms with Gasteiger partial charge in [-0.1, -0.05) is 218 Å². The maximum absolute atomic E-state index is 12.7. The summed E-state index contributed by atoms with van der Waals surface area (Å²) in [6, 6.07) is 0. The molecule has 0 radical (unpaired) electrons. The molecule has 1 atom stereocenters. The van der Waals surface area contributed by atoms with Crippen LogP contribution in [-0.4, -0.2) is 37.2 Å². The Balaban J connectivity index is 4.11. The summed E-state index contributed by atoms with van der Waals surface area (Å²) in [4.78, 5) is 37.5. The molecule has 0 rings (SSSR count). The lowest BCUT2D eigenvalue weighted by atomic mass is 10.0. The average Bonchev–Trinajstić information content (AvgIpc) is 3.19. The maximum Gasteiger partial charge on any atom is 0.306 e. The molecule has 0 aromatic carbocycles. The topological polar surface area (TPSA) is 78.9 Å². The molecule has 0 aromatic rings. The second-order valence-electron chi connectivity index (χ2n) is 16.4. The van der Waals surface area contributed by atoms with Gasteiger partial charge in [0.2, 0.25) is 0 Å². The number of unbranched alkanes of at least 4 members (excludes halogenated alkanes) is 29. The van der Waals surface area contributed by atoms with Crippen molar-refractivity contribution in [2.45, 2.75) is 264 Å². The fourth-order valence-corrected chi connectivity index (χ4v) is 7.01. The molecule has 0 saturated carbocycles. The van der Waals surface area contributed by atoms with Crippen molar-refractivity contribution in [1.82, 2.24) is 0 Å². The minimum Gasteiger partial charge on any atom is -0.462 e. The molecule has 0 amide bonds. The van der Waals surface area contributed by atoms with Gasteiger partial charge in [-0.15, -0.1) is 0 Å². The molecule has 56 heavy (non-hydrogen) atoms. The molecular formula is C50H92O6. The van der Waals surface area contributed by atoms with E-state index in [1.54, 1.807) is 0 Å². The maximum atomic E-state index is 12.7. The third-order valence-electron chi connectivity index (χ3n) is 10.7. The molecule has 0 N–H and O–H groups in total. The Bertz CT molecular complexity index is 911. The van der Waals surface area contributed by atoms with Crippen LogP contribution in [-0.2, 0) is 28.6 Å². The van der Waals surface area contributed by atoms with Crippen molar-refractivity contribution in [1.29, 1.82) is 0 Å². The first-order valence-corrected chi connectivity index (χ1v) is 24.3. The van der Waals surface area contributed by atoms with E-state index in [0.29, 0.717) is 19.3 Å². The van der Waals surface area contributed by atoms with E-state index < -0.39 is 6.10 Å². The van der Waals surface area contributed by atoms with Crippen molar-refractivity contribution in [3.05, 3.63) is 24.3 Å². The van der Waals surface area contributed by atoms with Crippen LogP contribution >= 0.6 is 0 Å². The molecule has 0 saturated heterocycles. The van der Waals surface area contributed by atoms with Crippen molar-refractivity contribution >= 4 is 17.9 Å². The number of hydrogen-bond acceptors (Lipinski definition) is 6. The highest BCUT2D eigenvalue weighted by Gasteiger charge is 2.19. The molecule has 328 valence electrons. The van der Waals surface area contributed by atoms with Gasteiger partial charge in [0.15, 0.2) is 6.10 Å². The van der Waals surface area contributed by atoms with Crippen LogP contribution in [0.5, 0.6) is 0 Å². The Kier molecular flexibility index (Phi) is 43.9. The lowest BCUT2D eigenvalue weighted by Crippen LogP contribution is -2.30. The summed E-state index contributed by atoms with van der Waals surface area (Å²) < 4.78 is 16.6. The standard InChI is InChI=1S/C50H92O6/c1-4-7-10-13-15-17-19-21-22-23-24-25-26-27-29-30-32-34-37-40-43-49(52)55-46-47(45-54-48(51)42-39-36-12-9-6-3)56-50(53)44-41-38-35-33-31-28-20-18-16-14-11-8-5-2/h11,14,18,20,47H,4-10,12-13,15-17,19,21-46H2,1-3H3/b14-11-,20-18-. The minimum absolute atomic E-state index is 0.0739. The highest BCUT2D eigenvalue weighted by molar-refractivity contribution is 5.71. The summed E-state index contributed by atoms with van der Waals surface area (Å²) >= 11 is 0. The summed E-state index contributed by atoms with van der Waals surface area (Å²) in [5, 5.41) is 0.